The van der Waals surface area contributed by atoms with Crippen molar-refractivity contribution in [1.82, 2.24) is 4.90 Å². The van der Waals surface area contributed by atoms with Gasteiger partial charge in [0, 0.05) is 35.2 Å². The Morgan fingerprint density at radius 2 is 2.33 bits per heavy atom. The Hall–Kier alpha value is -0.980. The van der Waals surface area contributed by atoms with Gasteiger partial charge in [-0.05, 0) is 18.6 Å². The number of halogens is 2. The van der Waals surface area contributed by atoms with Crippen LogP contribution in [0, 0.1) is 5.82 Å². The first-order valence-corrected chi connectivity index (χ1v) is 8.25. The highest BCUT2D eigenvalue weighted by Crippen LogP contribution is 2.32. The molecule has 21 heavy (non-hydrogen) atoms. The van der Waals surface area contributed by atoms with Gasteiger partial charge in [0.1, 0.15) is 5.82 Å². The van der Waals surface area contributed by atoms with Gasteiger partial charge in [-0.15, -0.1) is 0 Å². The van der Waals surface area contributed by atoms with Crippen LogP contribution in [-0.2, 0) is 4.74 Å². The lowest BCUT2D eigenvalue weighted by Gasteiger charge is -2.43. The van der Waals surface area contributed by atoms with Crippen LogP contribution in [-0.4, -0.2) is 47.6 Å². The smallest absolute Gasteiger partial charge is 0.256 e. The molecule has 0 aromatic heterocycles. The quantitative estimate of drug-likeness (QED) is 0.803. The zero-order valence-electron chi connectivity index (χ0n) is 11.4. The van der Waals surface area contributed by atoms with Crippen molar-refractivity contribution in [3.63, 3.8) is 0 Å². The van der Waals surface area contributed by atoms with Gasteiger partial charge >= 0.3 is 0 Å². The molecule has 4 nitrogen and oxygen atoms in total. The highest BCUT2D eigenvalue weighted by Gasteiger charge is 2.37. The maximum Gasteiger partial charge on any atom is 0.256 e. The van der Waals surface area contributed by atoms with Crippen molar-refractivity contribution in [3.05, 3.63) is 28.5 Å². The van der Waals surface area contributed by atoms with Gasteiger partial charge in [0.2, 0.25) is 0 Å². The summed E-state index contributed by atoms with van der Waals surface area (Å²) in [4.78, 5) is 14.5. The Morgan fingerprint density at radius 1 is 1.52 bits per heavy atom. The highest BCUT2D eigenvalue weighted by atomic mass is 35.5. The number of hydrogen-bond donors (Lipinski definition) is 1. The van der Waals surface area contributed by atoms with E-state index in [0.717, 1.165) is 18.2 Å². The van der Waals surface area contributed by atoms with Crippen LogP contribution in [0.15, 0.2) is 12.1 Å². The zero-order chi connectivity index (χ0) is 15.0. The van der Waals surface area contributed by atoms with Crippen molar-refractivity contribution >= 4 is 35.0 Å². The number of nitrogen functional groups attached to an aromatic ring is 1. The number of nitrogens with zero attached hydrogens (tertiary/aromatic N) is 1. The SMILES string of the molecule is Nc1c(F)cc(Cl)cc1C(=O)N1CCS[C@@H]2COCC[C@H]21. The van der Waals surface area contributed by atoms with Crippen molar-refractivity contribution in [2.75, 3.05) is 31.2 Å². The Morgan fingerprint density at radius 3 is 3.14 bits per heavy atom. The Labute approximate surface area is 131 Å². The fraction of sp³-hybridized carbons (Fsp3) is 0.500. The van der Waals surface area contributed by atoms with Gasteiger partial charge in [0.05, 0.1) is 17.9 Å². The molecule has 0 saturated carbocycles. The molecular weight excluding hydrogens is 315 g/mol. The van der Waals surface area contributed by atoms with Crippen LogP contribution in [0.1, 0.15) is 16.8 Å². The van der Waals surface area contributed by atoms with E-state index in [1.54, 1.807) is 4.90 Å². The van der Waals surface area contributed by atoms with Crippen LogP contribution in [0.2, 0.25) is 5.02 Å². The molecule has 2 heterocycles. The minimum Gasteiger partial charge on any atom is -0.396 e. The number of nitrogens with two attached hydrogens (primary N) is 1. The summed E-state index contributed by atoms with van der Waals surface area (Å²) >= 11 is 7.68. The minimum atomic E-state index is -0.652. The van der Waals surface area contributed by atoms with Crippen molar-refractivity contribution in [1.29, 1.82) is 0 Å². The summed E-state index contributed by atoms with van der Waals surface area (Å²) in [7, 11) is 0. The summed E-state index contributed by atoms with van der Waals surface area (Å²) < 4.78 is 19.2. The number of amides is 1. The van der Waals surface area contributed by atoms with E-state index in [0.29, 0.717) is 19.8 Å². The highest BCUT2D eigenvalue weighted by molar-refractivity contribution is 8.00. The normalized spacial score (nSPS) is 25.5. The van der Waals surface area contributed by atoms with Crippen molar-refractivity contribution in [3.8, 4) is 0 Å². The van der Waals surface area contributed by atoms with Gasteiger partial charge in [-0.2, -0.15) is 11.8 Å². The maximum atomic E-state index is 13.7. The minimum absolute atomic E-state index is 0.117. The molecule has 0 radical (unpaired) electrons. The van der Waals surface area contributed by atoms with E-state index in [1.807, 2.05) is 11.8 Å². The number of carbonyl (C=O) groups is 1. The third kappa shape index (κ3) is 2.84. The number of ether oxygens (including phenoxy) is 1. The molecule has 1 aromatic carbocycles. The molecule has 1 aromatic rings. The van der Waals surface area contributed by atoms with Crippen molar-refractivity contribution < 1.29 is 13.9 Å². The van der Waals surface area contributed by atoms with Gasteiger partial charge in [-0.3, -0.25) is 4.79 Å². The lowest BCUT2D eigenvalue weighted by molar-refractivity contribution is 0.0319. The largest absolute Gasteiger partial charge is 0.396 e. The zero-order valence-corrected chi connectivity index (χ0v) is 12.9. The van der Waals surface area contributed by atoms with Gasteiger partial charge in [-0.1, -0.05) is 11.6 Å². The second kappa shape index (κ2) is 6.02. The molecule has 0 spiro atoms. The second-order valence-corrected chi connectivity index (χ2v) is 6.97. The van der Waals surface area contributed by atoms with E-state index in [9.17, 15) is 9.18 Å². The van der Waals surface area contributed by atoms with Crippen molar-refractivity contribution in [2.45, 2.75) is 17.7 Å². The van der Waals surface area contributed by atoms with E-state index in [-0.39, 0.29) is 33.5 Å². The summed E-state index contributed by atoms with van der Waals surface area (Å²) in [5.41, 5.74) is 5.73. The molecule has 2 atom stereocenters. The second-order valence-electron chi connectivity index (χ2n) is 5.19. The first-order valence-electron chi connectivity index (χ1n) is 6.83. The van der Waals surface area contributed by atoms with E-state index >= 15 is 0 Å². The first-order chi connectivity index (χ1) is 10.1. The number of rotatable bonds is 1. The monoisotopic (exact) mass is 330 g/mol. The maximum absolute atomic E-state index is 13.7. The van der Waals surface area contributed by atoms with Gasteiger partial charge in [-0.25, -0.2) is 4.39 Å². The Kier molecular flexibility index (Phi) is 4.28. The summed E-state index contributed by atoms with van der Waals surface area (Å²) in [5, 5.41) is 0.460. The molecule has 3 rings (SSSR count). The van der Waals surface area contributed by atoms with Crippen LogP contribution < -0.4 is 5.73 Å². The lowest BCUT2D eigenvalue weighted by atomic mass is 10.0. The van der Waals surface area contributed by atoms with Crippen LogP contribution in [0.25, 0.3) is 0 Å². The molecule has 2 N–H and O–H groups in total. The molecule has 1 amide bonds. The molecule has 2 saturated heterocycles. The summed E-state index contributed by atoms with van der Waals surface area (Å²) in [5.74, 6) is -0.0500. The fourth-order valence-electron chi connectivity index (χ4n) is 2.85. The van der Waals surface area contributed by atoms with Gasteiger partial charge in [0.25, 0.3) is 5.91 Å². The van der Waals surface area contributed by atoms with E-state index in [4.69, 9.17) is 22.1 Å². The number of hydrogen-bond acceptors (Lipinski definition) is 4. The number of benzene rings is 1. The topological polar surface area (TPSA) is 55.6 Å². The van der Waals surface area contributed by atoms with E-state index < -0.39 is 5.82 Å². The third-order valence-electron chi connectivity index (χ3n) is 3.92. The number of carbonyl (C=O) groups excluding carboxylic acids is 1. The molecule has 0 bridgehead atoms. The van der Waals surface area contributed by atoms with Crippen LogP contribution in [0.5, 0.6) is 0 Å². The Bertz CT molecular complexity index is 570. The predicted molar refractivity (Wildman–Crippen MR) is 82.3 cm³/mol. The van der Waals surface area contributed by atoms with Crippen LogP contribution in [0.3, 0.4) is 0 Å². The molecule has 2 aliphatic rings. The number of anilines is 1. The Balaban J connectivity index is 1.90. The molecule has 0 unspecified atom stereocenters. The third-order valence-corrected chi connectivity index (χ3v) is 5.43. The van der Waals surface area contributed by atoms with E-state index in [1.165, 1.54) is 6.07 Å². The molecule has 0 aliphatic carbocycles. The fourth-order valence-corrected chi connectivity index (χ4v) is 4.36. The van der Waals surface area contributed by atoms with Gasteiger partial charge in [0.15, 0.2) is 0 Å². The molecule has 2 fully saturated rings. The van der Waals surface area contributed by atoms with E-state index in [2.05, 4.69) is 0 Å². The average Bonchev–Trinajstić information content (AvgIpc) is 2.49. The predicted octanol–water partition coefficient (Wildman–Crippen LogP) is 2.41. The standard InChI is InChI=1S/C14H16ClFN2O2S/c15-8-5-9(13(17)10(16)6-8)14(19)18-2-4-21-12-7-20-3-1-11(12)18/h5-6,11-12H,1-4,7,17H2/t11-,12-/m1/s1. The molecular formula is C14H16ClFN2O2S. The first kappa shape index (κ1) is 14.9. The summed E-state index contributed by atoms with van der Waals surface area (Å²) in [6, 6.07) is 2.68. The average molecular weight is 331 g/mol. The number of thioether (sulfide) groups is 1. The number of fused-ring (bicyclic) bond motifs is 1. The van der Waals surface area contributed by atoms with Crippen LogP contribution in [0.4, 0.5) is 10.1 Å². The molecule has 2 aliphatic heterocycles. The molecule has 7 heteroatoms. The summed E-state index contributed by atoms with van der Waals surface area (Å²) in [6.07, 6.45) is 0.798. The van der Waals surface area contributed by atoms with Crippen LogP contribution >= 0.6 is 23.4 Å². The van der Waals surface area contributed by atoms with Gasteiger partial charge < -0.3 is 15.4 Å². The lowest BCUT2D eigenvalue weighted by Crippen LogP contribution is -2.54. The molecule has 114 valence electrons. The summed E-state index contributed by atoms with van der Waals surface area (Å²) in [6.45, 7) is 1.93. The van der Waals surface area contributed by atoms with Crippen molar-refractivity contribution in [2.24, 2.45) is 0 Å².